The molecule has 0 aliphatic carbocycles. The Hall–Kier alpha value is -0.590. The molecule has 0 atom stereocenters. The summed E-state index contributed by atoms with van der Waals surface area (Å²) in [4.78, 5) is 3.04. The van der Waals surface area contributed by atoms with Crippen LogP contribution in [-0.2, 0) is 0 Å². The van der Waals surface area contributed by atoms with E-state index < -0.39 is 0 Å². The molecule has 0 aliphatic heterocycles. The summed E-state index contributed by atoms with van der Waals surface area (Å²) in [6, 6.07) is 0. The first-order valence-corrected chi connectivity index (χ1v) is 2.43. The van der Waals surface area contributed by atoms with Gasteiger partial charge in [0.1, 0.15) is 6.72 Å². The molecule has 0 fully saturated rings. The summed E-state index contributed by atoms with van der Waals surface area (Å²) in [5.74, 6) is 0. The fourth-order valence-corrected chi connectivity index (χ4v) is 0.294. The molecular formula is C6H9N. The van der Waals surface area contributed by atoms with Crippen LogP contribution in [0.15, 0.2) is 17.3 Å². The Kier molecular flexibility index (Phi) is 4.95. The zero-order valence-corrected chi connectivity index (χ0v) is 4.52. The summed E-state index contributed by atoms with van der Waals surface area (Å²) >= 11 is 0. The van der Waals surface area contributed by atoms with E-state index in [2.05, 4.69) is 11.9 Å². The van der Waals surface area contributed by atoms with E-state index in [1.165, 1.54) is 6.20 Å². The minimum atomic E-state index is 1.03. The van der Waals surface area contributed by atoms with Gasteiger partial charge in [0.25, 0.3) is 0 Å². The maximum Gasteiger partial charge on any atom is 0.119 e. The summed E-state index contributed by atoms with van der Waals surface area (Å²) in [6.07, 6.45) is 5.55. The molecule has 0 heterocycles. The maximum atomic E-state index is 6.32. The average Bonchev–Trinajstić information content (AvgIpc) is 1.69. The largest absolute Gasteiger partial charge is 0.252 e. The van der Waals surface area contributed by atoms with E-state index in [0.717, 1.165) is 12.8 Å². The second-order valence-corrected chi connectivity index (χ2v) is 1.30. The maximum absolute atomic E-state index is 6.32. The van der Waals surface area contributed by atoms with E-state index in [0.29, 0.717) is 0 Å². The monoisotopic (exact) mass is 95.1 g/mol. The summed E-state index contributed by atoms with van der Waals surface area (Å²) in [7, 11) is 0. The van der Waals surface area contributed by atoms with Crippen molar-refractivity contribution in [2.24, 2.45) is 4.99 Å². The van der Waals surface area contributed by atoms with E-state index in [1.807, 2.05) is 6.08 Å². The van der Waals surface area contributed by atoms with Gasteiger partial charge in [0.2, 0.25) is 0 Å². The van der Waals surface area contributed by atoms with Gasteiger partial charge in [-0.2, -0.15) is 0 Å². The predicted octanol–water partition coefficient (Wildman–Crippen LogP) is 1.75. The molecule has 0 spiro atoms. The van der Waals surface area contributed by atoms with Crippen molar-refractivity contribution in [1.82, 2.24) is 0 Å². The molecule has 0 aliphatic rings. The van der Waals surface area contributed by atoms with Crippen LogP contribution in [0.3, 0.4) is 0 Å². The van der Waals surface area contributed by atoms with E-state index in [9.17, 15) is 0 Å². The van der Waals surface area contributed by atoms with Crippen molar-refractivity contribution in [1.29, 1.82) is 0 Å². The van der Waals surface area contributed by atoms with Crippen LogP contribution in [0.1, 0.15) is 19.8 Å². The van der Waals surface area contributed by atoms with Crippen molar-refractivity contribution in [2.45, 2.75) is 19.8 Å². The van der Waals surface area contributed by atoms with Gasteiger partial charge in [-0.05, 0) is 6.42 Å². The van der Waals surface area contributed by atoms with Crippen molar-refractivity contribution >= 4 is 6.72 Å². The molecule has 0 saturated heterocycles. The second-order valence-electron chi connectivity index (χ2n) is 1.30. The minimum absolute atomic E-state index is 1.03. The van der Waals surface area contributed by atoms with Crippen molar-refractivity contribution in [3.63, 3.8) is 0 Å². The molecule has 0 bridgehead atoms. The molecule has 0 saturated carbocycles. The molecule has 2 radical (unpaired) electrons. The number of allylic oxidation sites excluding steroid dienone is 1. The number of hydrogen-bond donors (Lipinski definition) is 0. The Labute approximate surface area is 44.8 Å². The first-order valence-electron chi connectivity index (χ1n) is 2.43. The summed E-state index contributed by atoms with van der Waals surface area (Å²) in [6.45, 7) is 8.41. The van der Waals surface area contributed by atoms with Crippen LogP contribution in [0.25, 0.3) is 0 Å². The second kappa shape index (κ2) is 5.41. The molecule has 1 heteroatoms. The fourth-order valence-electron chi connectivity index (χ4n) is 0.294. The zero-order valence-electron chi connectivity index (χ0n) is 4.52. The molecule has 0 N–H and O–H groups in total. The summed E-state index contributed by atoms with van der Waals surface area (Å²) in [5, 5.41) is 0. The van der Waals surface area contributed by atoms with E-state index in [4.69, 9.17) is 6.72 Å². The van der Waals surface area contributed by atoms with Gasteiger partial charge in [-0.3, -0.25) is 4.99 Å². The molecular weight excluding hydrogens is 86.1 g/mol. The number of nitrogens with zero attached hydrogens (tertiary/aromatic N) is 1. The quantitative estimate of drug-likeness (QED) is 0.473. The molecule has 0 aromatic heterocycles. The third-order valence-electron chi connectivity index (χ3n) is 0.635. The first kappa shape index (κ1) is 6.41. The Bertz CT molecular complexity index is 64.6. The third-order valence-corrected chi connectivity index (χ3v) is 0.635. The average molecular weight is 95.1 g/mol. The highest BCUT2D eigenvalue weighted by Gasteiger charge is 1.66. The van der Waals surface area contributed by atoms with Crippen LogP contribution < -0.4 is 0 Å². The van der Waals surface area contributed by atoms with Gasteiger partial charge in [-0.15, -0.1) is 0 Å². The molecule has 7 heavy (non-hydrogen) atoms. The number of rotatable bonds is 3. The molecule has 0 amide bonds. The van der Waals surface area contributed by atoms with Gasteiger partial charge < -0.3 is 0 Å². The van der Waals surface area contributed by atoms with Crippen molar-refractivity contribution in [3.05, 3.63) is 12.3 Å². The first-order chi connectivity index (χ1) is 3.41. The third kappa shape index (κ3) is 5.41. The molecule has 0 rings (SSSR count). The lowest BCUT2D eigenvalue weighted by molar-refractivity contribution is 0.956. The lowest BCUT2D eigenvalue weighted by Gasteiger charge is -1.76. The molecule has 38 valence electrons. The van der Waals surface area contributed by atoms with Crippen LogP contribution >= 0.6 is 0 Å². The normalized spacial score (nSPS) is 9.86. The molecule has 1 nitrogen and oxygen atoms in total. The van der Waals surface area contributed by atoms with Crippen LogP contribution in [0.2, 0.25) is 0 Å². The molecule has 0 aromatic rings. The van der Waals surface area contributed by atoms with E-state index in [1.54, 1.807) is 0 Å². The number of hydrogen-bond acceptors (Lipinski definition) is 1. The highest BCUT2D eigenvalue weighted by Crippen LogP contribution is 1.86. The topological polar surface area (TPSA) is 12.4 Å². The standard InChI is InChI=1S/C6H9N/c1-3-4-5-6-7-2/h5-6H,3-4H2,1H3. The van der Waals surface area contributed by atoms with E-state index in [-0.39, 0.29) is 0 Å². The van der Waals surface area contributed by atoms with Gasteiger partial charge >= 0.3 is 0 Å². The Balaban J connectivity index is 2.92. The van der Waals surface area contributed by atoms with Crippen molar-refractivity contribution < 1.29 is 0 Å². The van der Waals surface area contributed by atoms with Gasteiger partial charge in [0, 0.05) is 6.20 Å². The molecule has 0 aromatic carbocycles. The Morgan fingerprint density at radius 3 is 2.86 bits per heavy atom. The van der Waals surface area contributed by atoms with Crippen molar-refractivity contribution in [2.75, 3.05) is 0 Å². The summed E-state index contributed by atoms with van der Waals surface area (Å²) in [5.41, 5.74) is 0. The highest BCUT2D eigenvalue weighted by molar-refractivity contribution is 5.25. The Morgan fingerprint density at radius 2 is 2.43 bits per heavy atom. The van der Waals surface area contributed by atoms with Crippen LogP contribution in [0, 0.1) is 0 Å². The smallest absolute Gasteiger partial charge is 0.119 e. The van der Waals surface area contributed by atoms with Gasteiger partial charge in [-0.1, -0.05) is 19.4 Å². The van der Waals surface area contributed by atoms with Gasteiger partial charge in [0.05, 0.1) is 0 Å². The highest BCUT2D eigenvalue weighted by atomic mass is 14.6. The SMILES string of the molecule is CCCC=CN=[C:1]. The lowest BCUT2D eigenvalue weighted by atomic mass is 10.3. The number of unbranched alkanes of at least 4 members (excludes halogenated alkanes) is 1. The fraction of sp³-hybridized carbons (Fsp3) is 0.500. The van der Waals surface area contributed by atoms with Crippen molar-refractivity contribution in [3.8, 4) is 0 Å². The number of aliphatic imine (C=N–C) groups is 1. The van der Waals surface area contributed by atoms with Crippen LogP contribution in [0.5, 0.6) is 0 Å². The Morgan fingerprint density at radius 1 is 1.71 bits per heavy atom. The predicted molar refractivity (Wildman–Crippen MR) is 31.5 cm³/mol. The minimum Gasteiger partial charge on any atom is -0.252 e. The van der Waals surface area contributed by atoms with Gasteiger partial charge in [0.15, 0.2) is 0 Å². The van der Waals surface area contributed by atoms with E-state index >= 15 is 0 Å². The van der Waals surface area contributed by atoms with Crippen LogP contribution in [-0.4, -0.2) is 6.72 Å². The summed E-state index contributed by atoms with van der Waals surface area (Å²) < 4.78 is 0. The zero-order chi connectivity index (χ0) is 5.54. The molecule has 0 unspecified atom stereocenters. The lowest BCUT2D eigenvalue weighted by Crippen LogP contribution is -1.57. The van der Waals surface area contributed by atoms with Gasteiger partial charge in [-0.25, -0.2) is 0 Å². The van der Waals surface area contributed by atoms with Crippen LogP contribution in [0.4, 0.5) is 0 Å².